The summed E-state index contributed by atoms with van der Waals surface area (Å²) in [6.45, 7) is 4.08. The smallest absolute Gasteiger partial charge is 0.255 e. The van der Waals surface area contributed by atoms with E-state index in [1.54, 1.807) is 18.3 Å². The Morgan fingerprint density at radius 1 is 0.920 bits per heavy atom. The average molecular weight is 335 g/mol. The Labute approximate surface area is 145 Å². The number of halogens is 1. The standard InChI is InChI=1S/C20H18FN3O/c1-13-9-14(2)11-18(10-13)23-19-8-7-17(12-22-19)24-20(25)15-3-5-16(21)6-4-15/h3-12H,1-2H3,(H,22,23)(H,24,25). The molecule has 0 saturated heterocycles. The normalized spacial score (nSPS) is 10.4. The van der Waals surface area contributed by atoms with Crippen LogP contribution in [-0.2, 0) is 0 Å². The Morgan fingerprint density at radius 3 is 2.20 bits per heavy atom. The Hall–Kier alpha value is -3.21. The zero-order chi connectivity index (χ0) is 17.8. The van der Waals surface area contributed by atoms with Crippen LogP contribution < -0.4 is 10.6 Å². The Kier molecular flexibility index (Phi) is 4.75. The number of aromatic nitrogens is 1. The SMILES string of the molecule is Cc1cc(C)cc(Nc2ccc(NC(=O)c3ccc(F)cc3)cn2)c1. The highest BCUT2D eigenvalue weighted by Gasteiger charge is 2.06. The molecule has 0 aliphatic carbocycles. The van der Waals surface area contributed by atoms with E-state index in [2.05, 4.69) is 21.7 Å². The van der Waals surface area contributed by atoms with Crippen LogP contribution in [0.2, 0.25) is 0 Å². The molecule has 0 aliphatic heterocycles. The largest absolute Gasteiger partial charge is 0.340 e. The molecule has 0 bridgehead atoms. The van der Waals surface area contributed by atoms with Crippen LogP contribution in [0.4, 0.5) is 21.6 Å². The van der Waals surface area contributed by atoms with Gasteiger partial charge in [-0.05, 0) is 73.5 Å². The molecule has 0 spiro atoms. The average Bonchev–Trinajstić information content (AvgIpc) is 2.56. The number of aryl methyl sites for hydroxylation is 2. The number of pyridine rings is 1. The van der Waals surface area contributed by atoms with E-state index in [1.807, 2.05) is 26.0 Å². The third-order valence-electron chi connectivity index (χ3n) is 3.62. The van der Waals surface area contributed by atoms with Gasteiger partial charge in [-0.2, -0.15) is 0 Å². The fourth-order valence-electron chi connectivity index (χ4n) is 2.54. The fourth-order valence-corrected chi connectivity index (χ4v) is 2.54. The van der Waals surface area contributed by atoms with Gasteiger partial charge in [0.15, 0.2) is 0 Å². The van der Waals surface area contributed by atoms with E-state index in [0.29, 0.717) is 17.1 Å². The lowest BCUT2D eigenvalue weighted by Crippen LogP contribution is -2.12. The summed E-state index contributed by atoms with van der Waals surface area (Å²) in [5.74, 6) is 0.00151. The van der Waals surface area contributed by atoms with E-state index in [4.69, 9.17) is 0 Å². The number of nitrogens with zero attached hydrogens (tertiary/aromatic N) is 1. The van der Waals surface area contributed by atoms with E-state index in [0.717, 1.165) is 5.69 Å². The van der Waals surface area contributed by atoms with E-state index in [-0.39, 0.29) is 11.7 Å². The van der Waals surface area contributed by atoms with Crippen molar-refractivity contribution in [3.63, 3.8) is 0 Å². The molecule has 25 heavy (non-hydrogen) atoms. The third kappa shape index (κ3) is 4.41. The Morgan fingerprint density at radius 2 is 1.60 bits per heavy atom. The van der Waals surface area contributed by atoms with Gasteiger partial charge in [-0.25, -0.2) is 9.37 Å². The van der Waals surface area contributed by atoms with Gasteiger partial charge in [0.2, 0.25) is 0 Å². The van der Waals surface area contributed by atoms with Crippen LogP contribution in [0.1, 0.15) is 21.5 Å². The van der Waals surface area contributed by atoms with Gasteiger partial charge < -0.3 is 10.6 Å². The van der Waals surface area contributed by atoms with E-state index >= 15 is 0 Å². The van der Waals surface area contributed by atoms with Crippen molar-refractivity contribution in [2.24, 2.45) is 0 Å². The van der Waals surface area contributed by atoms with Crippen LogP contribution in [0.15, 0.2) is 60.8 Å². The van der Waals surface area contributed by atoms with Gasteiger partial charge in [-0.3, -0.25) is 4.79 Å². The van der Waals surface area contributed by atoms with Crippen molar-refractivity contribution in [2.75, 3.05) is 10.6 Å². The molecule has 2 aromatic carbocycles. The number of amides is 1. The summed E-state index contributed by atoms with van der Waals surface area (Å²) in [5, 5.41) is 5.97. The molecule has 0 atom stereocenters. The first-order valence-corrected chi connectivity index (χ1v) is 7.88. The number of rotatable bonds is 4. The third-order valence-corrected chi connectivity index (χ3v) is 3.62. The van der Waals surface area contributed by atoms with Crippen LogP contribution in [0, 0.1) is 19.7 Å². The summed E-state index contributed by atoms with van der Waals surface area (Å²) in [4.78, 5) is 16.4. The van der Waals surface area contributed by atoms with Crippen molar-refractivity contribution in [2.45, 2.75) is 13.8 Å². The molecule has 0 aliphatic rings. The Balaban J connectivity index is 1.67. The molecule has 2 N–H and O–H groups in total. The van der Waals surface area contributed by atoms with Gasteiger partial charge in [0, 0.05) is 11.3 Å². The maximum atomic E-state index is 12.9. The van der Waals surface area contributed by atoms with Crippen LogP contribution in [0.25, 0.3) is 0 Å². The molecule has 0 radical (unpaired) electrons. The highest BCUT2D eigenvalue weighted by Crippen LogP contribution is 2.19. The Bertz CT molecular complexity index is 870. The van der Waals surface area contributed by atoms with Crippen LogP contribution >= 0.6 is 0 Å². The summed E-state index contributed by atoms with van der Waals surface area (Å²) in [7, 11) is 0. The molecule has 0 fully saturated rings. The highest BCUT2D eigenvalue weighted by atomic mass is 19.1. The minimum Gasteiger partial charge on any atom is -0.340 e. The molecule has 0 saturated carbocycles. The first-order valence-electron chi connectivity index (χ1n) is 7.88. The number of hydrogen-bond donors (Lipinski definition) is 2. The highest BCUT2D eigenvalue weighted by molar-refractivity contribution is 6.04. The molecular weight excluding hydrogens is 317 g/mol. The van der Waals surface area contributed by atoms with Crippen LogP contribution in [0.5, 0.6) is 0 Å². The van der Waals surface area contributed by atoms with E-state index in [9.17, 15) is 9.18 Å². The minimum absolute atomic E-state index is 0.309. The number of carbonyl (C=O) groups excluding carboxylic acids is 1. The van der Waals surface area contributed by atoms with Gasteiger partial charge in [0.05, 0.1) is 11.9 Å². The zero-order valence-electron chi connectivity index (χ0n) is 14.0. The first-order chi connectivity index (χ1) is 12.0. The van der Waals surface area contributed by atoms with Crippen molar-refractivity contribution in [3.8, 4) is 0 Å². The van der Waals surface area contributed by atoms with Crippen molar-refractivity contribution < 1.29 is 9.18 Å². The predicted octanol–water partition coefficient (Wildman–Crippen LogP) is 4.83. The number of hydrogen-bond acceptors (Lipinski definition) is 3. The second-order valence-electron chi connectivity index (χ2n) is 5.89. The quantitative estimate of drug-likeness (QED) is 0.718. The molecule has 1 amide bonds. The maximum Gasteiger partial charge on any atom is 0.255 e. The van der Waals surface area contributed by atoms with Gasteiger partial charge in [0.25, 0.3) is 5.91 Å². The number of anilines is 3. The molecule has 5 heteroatoms. The molecular formula is C20H18FN3O. The molecule has 0 unspecified atom stereocenters. The topological polar surface area (TPSA) is 54.0 Å². The maximum absolute atomic E-state index is 12.9. The molecule has 3 aromatic rings. The molecule has 4 nitrogen and oxygen atoms in total. The lowest BCUT2D eigenvalue weighted by atomic mass is 10.1. The van der Waals surface area contributed by atoms with Gasteiger partial charge in [-0.1, -0.05) is 6.07 Å². The first kappa shape index (κ1) is 16.6. The van der Waals surface area contributed by atoms with Crippen molar-refractivity contribution >= 4 is 23.1 Å². The fraction of sp³-hybridized carbons (Fsp3) is 0.100. The van der Waals surface area contributed by atoms with Gasteiger partial charge in [0.1, 0.15) is 11.6 Å². The molecule has 1 heterocycles. The number of carbonyl (C=O) groups is 1. The van der Waals surface area contributed by atoms with Crippen molar-refractivity contribution in [3.05, 3.63) is 83.3 Å². The minimum atomic E-state index is -0.375. The lowest BCUT2D eigenvalue weighted by Gasteiger charge is -2.09. The number of benzene rings is 2. The van der Waals surface area contributed by atoms with E-state index in [1.165, 1.54) is 35.4 Å². The summed E-state index contributed by atoms with van der Waals surface area (Å²) in [6.07, 6.45) is 1.58. The zero-order valence-corrected chi connectivity index (χ0v) is 14.0. The summed E-state index contributed by atoms with van der Waals surface area (Å²) in [6, 6.07) is 15.1. The second-order valence-corrected chi connectivity index (χ2v) is 5.89. The predicted molar refractivity (Wildman–Crippen MR) is 97.8 cm³/mol. The van der Waals surface area contributed by atoms with Gasteiger partial charge in [-0.15, -0.1) is 0 Å². The van der Waals surface area contributed by atoms with Gasteiger partial charge >= 0.3 is 0 Å². The van der Waals surface area contributed by atoms with Crippen molar-refractivity contribution in [1.82, 2.24) is 4.98 Å². The monoisotopic (exact) mass is 335 g/mol. The second kappa shape index (κ2) is 7.13. The lowest BCUT2D eigenvalue weighted by molar-refractivity contribution is 0.102. The van der Waals surface area contributed by atoms with Crippen molar-refractivity contribution in [1.29, 1.82) is 0 Å². The summed E-state index contributed by atoms with van der Waals surface area (Å²) < 4.78 is 12.9. The van der Waals surface area contributed by atoms with Crippen LogP contribution in [-0.4, -0.2) is 10.9 Å². The summed E-state index contributed by atoms with van der Waals surface area (Å²) in [5.41, 5.74) is 4.27. The van der Waals surface area contributed by atoms with E-state index < -0.39 is 0 Å². The molecule has 1 aromatic heterocycles. The van der Waals surface area contributed by atoms with Crippen LogP contribution in [0.3, 0.4) is 0 Å². The number of nitrogens with one attached hydrogen (secondary N) is 2. The molecule has 3 rings (SSSR count). The molecule has 126 valence electrons. The summed E-state index contributed by atoms with van der Waals surface area (Å²) >= 11 is 0.